The molecule has 6 heteroatoms. The van der Waals surface area contributed by atoms with Crippen LogP contribution in [-0.2, 0) is 0 Å². The van der Waals surface area contributed by atoms with E-state index in [1.54, 1.807) is 4.90 Å². The second kappa shape index (κ2) is 6.43. The van der Waals surface area contributed by atoms with Crippen LogP contribution in [0.2, 0.25) is 0 Å². The summed E-state index contributed by atoms with van der Waals surface area (Å²) in [5, 5.41) is 3.93. The van der Waals surface area contributed by atoms with E-state index >= 15 is 0 Å². The summed E-state index contributed by atoms with van der Waals surface area (Å²) in [4.78, 5) is 32.1. The van der Waals surface area contributed by atoms with Gasteiger partial charge in [-0.05, 0) is 33.8 Å². The van der Waals surface area contributed by atoms with Gasteiger partial charge >= 0.3 is 6.03 Å². The molecule has 2 heterocycles. The molecule has 3 amide bonds. The lowest BCUT2D eigenvalue weighted by Gasteiger charge is -2.36. The van der Waals surface area contributed by atoms with Gasteiger partial charge < -0.3 is 20.1 Å². The molecule has 1 saturated heterocycles. The summed E-state index contributed by atoms with van der Waals surface area (Å²) in [6, 6.07) is 7.79. The van der Waals surface area contributed by atoms with Crippen molar-refractivity contribution >= 4 is 22.8 Å². The minimum absolute atomic E-state index is 0.0332. The van der Waals surface area contributed by atoms with Gasteiger partial charge in [0.15, 0.2) is 0 Å². The number of aromatic amines is 1. The average molecular weight is 342 g/mol. The summed E-state index contributed by atoms with van der Waals surface area (Å²) in [6.45, 7) is 10.0. The Morgan fingerprint density at radius 3 is 2.28 bits per heavy atom. The van der Waals surface area contributed by atoms with Gasteiger partial charge in [-0.15, -0.1) is 0 Å². The number of amides is 3. The number of carbonyl (C=O) groups excluding carboxylic acids is 2. The summed E-state index contributed by atoms with van der Waals surface area (Å²) < 4.78 is 0. The Kier molecular flexibility index (Phi) is 4.45. The lowest BCUT2D eigenvalue weighted by atomic mass is 10.1. The van der Waals surface area contributed by atoms with Crippen molar-refractivity contribution in [2.24, 2.45) is 0 Å². The minimum atomic E-state index is -0.259. The van der Waals surface area contributed by atoms with Gasteiger partial charge in [0.1, 0.15) is 0 Å². The van der Waals surface area contributed by atoms with Crippen molar-refractivity contribution < 1.29 is 9.59 Å². The van der Waals surface area contributed by atoms with Crippen molar-refractivity contribution in [1.82, 2.24) is 20.1 Å². The average Bonchev–Trinajstić information content (AvgIpc) is 2.88. The number of aromatic nitrogens is 1. The standard InChI is InChI=1S/C19H26N4O2/c1-13-16(14-7-5-6-8-15(14)20-13)17(24)22-9-11-23(12-10-22)18(25)21-19(2,3)4/h5-8,20H,9-12H2,1-4H3,(H,21,25). The molecular weight excluding hydrogens is 316 g/mol. The van der Waals surface area contributed by atoms with Crippen LogP contribution in [0, 0.1) is 6.92 Å². The molecular formula is C19H26N4O2. The number of para-hydroxylation sites is 1. The fraction of sp³-hybridized carbons (Fsp3) is 0.474. The maximum atomic E-state index is 13.0. The van der Waals surface area contributed by atoms with Crippen LogP contribution in [-0.4, -0.2) is 58.4 Å². The SMILES string of the molecule is Cc1[nH]c2ccccc2c1C(=O)N1CCN(C(=O)NC(C)(C)C)CC1. The van der Waals surface area contributed by atoms with Crippen LogP contribution < -0.4 is 5.32 Å². The van der Waals surface area contributed by atoms with Gasteiger partial charge in [-0.1, -0.05) is 18.2 Å². The monoisotopic (exact) mass is 342 g/mol. The summed E-state index contributed by atoms with van der Waals surface area (Å²) in [7, 11) is 0. The van der Waals surface area contributed by atoms with Gasteiger partial charge in [0.2, 0.25) is 0 Å². The van der Waals surface area contributed by atoms with Crippen molar-refractivity contribution in [2.45, 2.75) is 33.2 Å². The van der Waals surface area contributed by atoms with Crippen molar-refractivity contribution in [2.75, 3.05) is 26.2 Å². The Bertz CT molecular complexity index is 795. The third-order valence-corrected chi connectivity index (χ3v) is 4.44. The molecule has 6 nitrogen and oxygen atoms in total. The highest BCUT2D eigenvalue weighted by Gasteiger charge is 2.28. The second-order valence-electron chi connectivity index (χ2n) is 7.63. The number of hydrogen-bond acceptors (Lipinski definition) is 2. The quantitative estimate of drug-likeness (QED) is 0.837. The van der Waals surface area contributed by atoms with Crippen LogP contribution in [0.15, 0.2) is 24.3 Å². The number of H-pyrrole nitrogens is 1. The van der Waals surface area contributed by atoms with Crippen LogP contribution in [0.25, 0.3) is 10.9 Å². The number of urea groups is 1. The molecule has 2 aromatic rings. The smallest absolute Gasteiger partial charge is 0.317 e. The molecule has 1 aromatic heterocycles. The summed E-state index contributed by atoms with van der Waals surface area (Å²) >= 11 is 0. The zero-order chi connectivity index (χ0) is 18.2. The van der Waals surface area contributed by atoms with Gasteiger partial charge in [0, 0.05) is 48.3 Å². The summed E-state index contributed by atoms with van der Waals surface area (Å²) in [5.74, 6) is 0.0332. The lowest BCUT2D eigenvalue weighted by molar-refractivity contribution is 0.0662. The highest BCUT2D eigenvalue weighted by atomic mass is 16.2. The molecule has 0 spiro atoms. The molecule has 1 aliphatic rings. The van der Waals surface area contributed by atoms with Gasteiger partial charge in [0.05, 0.1) is 5.56 Å². The number of carbonyl (C=O) groups is 2. The van der Waals surface area contributed by atoms with Crippen LogP contribution in [0.5, 0.6) is 0 Å². The maximum Gasteiger partial charge on any atom is 0.317 e. The normalized spacial score (nSPS) is 15.5. The molecule has 1 fully saturated rings. The van der Waals surface area contributed by atoms with Gasteiger partial charge in [-0.25, -0.2) is 4.79 Å². The molecule has 0 atom stereocenters. The molecule has 2 N–H and O–H groups in total. The first kappa shape index (κ1) is 17.3. The first-order chi connectivity index (χ1) is 11.8. The summed E-state index contributed by atoms with van der Waals surface area (Å²) in [6.07, 6.45) is 0. The number of fused-ring (bicyclic) bond motifs is 1. The zero-order valence-electron chi connectivity index (χ0n) is 15.3. The van der Waals surface area contributed by atoms with Crippen molar-refractivity contribution in [3.05, 3.63) is 35.5 Å². The zero-order valence-corrected chi connectivity index (χ0v) is 15.3. The van der Waals surface area contributed by atoms with E-state index in [0.29, 0.717) is 26.2 Å². The van der Waals surface area contributed by atoms with E-state index in [9.17, 15) is 9.59 Å². The van der Waals surface area contributed by atoms with Crippen LogP contribution in [0.4, 0.5) is 4.79 Å². The summed E-state index contributed by atoms with van der Waals surface area (Å²) in [5.41, 5.74) is 2.35. The molecule has 1 aromatic carbocycles. The predicted octanol–water partition coefficient (Wildman–Crippen LogP) is 2.74. The first-order valence-electron chi connectivity index (χ1n) is 8.70. The van der Waals surface area contributed by atoms with Crippen molar-refractivity contribution in [3.8, 4) is 0 Å². The molecule has 134 valence electrons. The molecule has 0 aliphatic carbocycles. The molecule has 0 saturated carbocycles. The van der Waals surface area contributed by atoms with Gasteiger partial charge in [0.25, 0.3) is 5.91 Å². The molecule has 0 bridgehead atoms. The van der Waals surface area contributed by atoms with E-state index in [1.165, 1.54) is 0 Å². The van der Waals surface area contributed by atoms with Gasteiger partial charge in [-0.3, -0.25) is 4.79 Å². The Morgan fingerprint density at radius 2 is 1.64 bits per heavy atom. The van der Waals surface area contributed by atoms with Crippen molar-refractivity contribution in [3.63, 3.8) is 0 Å². The highest BCUT2D eigenvalue weighted by molar-refractivity contribution is 6.08. The number of piperazine rings is 1. The number of nitrogens with zero attached hydrogens (tertiary/aromatic N) is 2. The number of benzene rings is 1. The van der Waals surface area contributed by atoms with E-state index in [4.69, 9.17) is 0 Å². The largest absolute Gasteiger partial charge is 0.358 e. The fourth-order valence-corrected chi connectivity index (χ4v) is 3.22. The van der Waals surface area contributed by atoms with Crippen LogP contribution >= 0.6 is 0 Å². The Labute approximate surface area is 148 Å². The van der Waals surface area contributed by atoms with Crippen LogP contribution in [0.1, 0.15) is 36.8 Å². The Balaban J connectivity index is 1.69. The minimum Gasteiger partial charge on any atom is -0.358 e. The third kappa shape index (κ3) is 3.62. The Morgan fingerprint density at radius 1 is 1.04 bits per heavy atom. The molecule has 0 unspecified atom stereocenters. The lowest BCUT2D eigenvalue weighted by Crippen LogP contribution is -2.56. The first-order valence-corrected chi connectivity index (χ1v) is 8.70. The molecule has 0 radical (unpaired) electrons. The van der Waals surface area contributed by atoms with E-state index in [2.05, 4.69) is 10.3 Å². The van der Waals surface area contributed by atoms with E-state index in [-0.39, 0.29) is 17.5 Å². The van der Waals surface area contributed by atoms with E-state index in [0.717, 1.165) is 22.2 Å². The maximum absolute atomic E-state index is 13.0. The number of rotatable bonds is 1. The Hall–Kier alpha value is -2.50. The van der Waals surface area contributed by atoms with E-state index in [1.807, 2.05) is 56.9 Å². The second-order valence-corrected chi connectivity index (χ2v) is 7.63. The number of nitrogens with one attached hydrogen (secondary N) is 2. The number of hydrogen-bond donors (Lipinski definition) is 2. The number of aryl methyl sites for hydroxylation is 1. The van der Waals surface area contributed by atoms with Crippen LogP contribution in [0.3, 0.4) is 0 Å². The fourth-order valence-electron chi connectivity index (χ4n) is 3.22. The molecule has 25 heavy (non-hydrogen) atoms. The third-order valence-electron chi connectivity index (χ3n) is 4.44. The van der Waals surface area contributed by atoms with E-state index < -0.39 is 0 Å². The predicted molar refractivity (Wildman–Crippen MR) is 98.8 cm³/mol. The van der Waals surface area contributed by atoms with Crippen molar-refractivity contribution in [1.29, 1.82) is 0 Å². The molecule has 1 aliphatic heterocycles. The van der Waals surface area contributed by atoms with Gasteiger partial charge in [-0.2, -0.15) is 0 Å². The topological polar surface area (TPSA) is 68.4 Å². The molecule has 3 rings (SSSR count). The highest BCUT2D eigenvalue weighted by Crippen LogP contribution is 2.23.